The van der Waals surface area contributed by atoms with Crippen LogP contribution >= 0.6 is 22.7 Å². The molecule has 1 amide bonds. The van der Waals surface area contributed by atoms with E-state index in [9.17, 15) is 14.4 Å². The monoisotopic (exact) mass is 596 g/mol. The standard InChI is InChI=1S/C30H24N6O4S2/c31-23-21(14-40-29(23)39)24(37)16-9-11-19(12-10-16)34-30-36-26(32)25(42-30)28-35-22(15-41-28)18-7-4-8-20(13-18)33-27(38)17-5-2-1-3-6-17/h1-13,15,21,23H,14,31-32H2,(H,33,38)(H,34,36). The van der Waals surface area contributed by atoms with Gasteiger partial charge in [-0.05, 0) is 48.5 Å². The first-order valence-electron chi connectivity index (χ1n) is 12.9. The van der Waals surface area contributed by atoms with Crippen molar-refractivity contribution in [3.8, 4) is 21.1 Å². The van der Waals surface area contributed by atoms with Crippen molar-refractivity contribution < 1.29 is 19.1 Å². The van der Waals surface area contributed by atoms with Crippen molar-refractivity contribution in [2.24, 2.45) is 11.7 Å². The number of hydrogen-bond donors (Lipinski definition) is 4. The largest absolute Gasteiger partial charge is 0.464 e. The number of anilines is 4. The molecule has 0 saturated carbocycles. The summed E-state index contributed by atoms with van der Waals surface area (Å²) in [5.74, 6) is -1.31. The molecule has 2 aromatic heterocycles. The Labute approximate surface area is 248 Å². The molecule has 1 aliphatic rings. The van der Waals surface area contributed by atoms with Crippen LogP contribution in [-0.2, 0) is 9.53 Å². The summed E-state index contributed by atoms with van der Waals surface area (Å²) in [5, 5.41) is 9.37. The summed E-state index contributed by atoms with van der Waals surface area (Å²) >= 11 is 2.81. The summed E-state index contributed by atoms with van der Waals surface area (Å²) in [6.07, 6.45) is 0. The number of carbonyl (C=O) groups excluding carboxylic acids is 3. The number of carbonyl (C=O) groups is 3. The second-order valence-corrected chi connectivity index (χ2v) is 11.4. The van der Waals surface area contributed by atoms with Crippen molar-refractivity contribution in [3.05, 3.63) is 95.4 Å². The van der Waals surface area contributed by atoms with Gasteiger partial charge in [-0.25, -0.2) is 9.97 Å². The molecule has 0 radical (unpaired) electrons. The number of rotatable bonds is 8. The van der Waals surface area contributed by atoms with Gasteiger partial charge in [0.2, 0.25) is 0 Å². The van der Waals surface area contributed by atoms with Gasteiger partial charge in [-0.15, -0.1) is 11.3 Å². The molecule has 0 spiro atoms. The van der Waals surface area contributed by atoms with Crippen molar-refractivity contribution in [2.45, 2.75) is 6.04 Å². The zero-order chi connectivity index (χ0) is 29.2. The average Bonchev–Trinajstić information content (AvgIpc) is 3.72. The van der Waals surface area contributed by atoms with Crippen molar-refractivity contribution in [2.75, 3.05) is 23.0 Å². The fourth-order valence-corrected chi connectivity index (χ4v) is 6.26. The van der Waals surface area contributed by atoms with Gasteiger partial charge in [-0.2, -0.15) is 0 Å². The van der Waals surface area contributed by atoms with Gasteiger partial charge in [-0.1, -0.05) is 41.7 Å². The second kappa shape index (κ2) is 11.5. The van der Waals surface area contributed by atoms with E-state index in [1.54, 1.807) is 36.4 Å². The van der Waals surface area contributed by atoms with Crippen molar-refractivity contribution in [1.29, 1.82) is 0 Å². The molecule has 1 saturated heterocycles. The first kappa shape index (κ1) is 27.3. The molecule has 12 heteroatoms. The summed E-state index contributed by atoms with van der Waals surface area (Å²) in [6.45, 7) is -0.00523. The highest BCUT2D eigenvalue weighted by Crippen LogP contribution is 2.39. The summed E-state index contributed by atoms with van der Waals surface area (Å²) in [5.41, 5.74) is 16.0. The van der Waals surface area contributed by atoms with E-state index < -0.39 is 17.9 Å². The van der Waals surface area contributed by atoms with Gasteiger partial charge in [0.1, 0.15) is 28.4 Å². The third kappa shape index (κ3) is 5.63. The molecule has 3 aromatic carbocycles. The van der Waals surface area contributed by atoms with Crippen LogP contribution in [-0.4, -0.2) is 40.3 Å². The van der Waals surface area contributed by atoms with E-state index in [1.165, 1.54) is 22.7 Å². The maximum Gasteiger partial charge on any atom is 0.323 e. The molecule has 6 rings (SSSR count). The molecule has 6 N–H and O–H groups in total. The molecule has 0 bridgehead atoms. The molecular formula is C30H24N6O4S2. The minimum absolute atomic E-state index is 0.00523. The maximum atomic E-state index is 12.7. The Balaban J connectivity index is 1.14. The molecule has 2 unspecified atom stereocenters. The average molecular weight is 597 g/mol. The number of esters is 1. The third-order valence-electron chi connectivity index (χ3n) is 6.67. The highest BCUT2D eigenvalue weighted by molar-refractivity contribution is 7.23. The third-order valence-corrected chi connectivity index (χ3v) is 8.65. The zero-order valence-corrected chi connectivity index (χ0v) is 23.6. The number of nitrogens with zero attached hydrogens (tertiary/aromatic N) is 2. The number of thiazole rings is 2. The van der Waals surface area contributed by atoms with Gasteiger partial charge in [0.25, 0.3) is 5.91 Å². The number of hydrogen-bond acceptors (Lipinski definition) is 11. The fraction of sp³-hybridized carbons (Fsp3) is 0.100. The number of cyclic esters (lactones) is 1. The van der Waals surface area contributed by atoms with Crippen LogP contribution in [0.1, 0.15) is 20.7 Å². The van der Waals surface area contributed by atoms with E-state index in [0.717, 1.165) is 21.1 Å². The van der Waals surface area contributed by atoms with Gasteiger partial charge in [-0.3, -0.25) is 14.4 Å². The fourth-order valence-electron chi connectivity index (χ4n) is 4.43. The number of nitrogens with two attached hydrogens (primary N) is 2. The molecule has 1 fully saturated rings. The van der Waals surface area contributed by atoms with Crippen molar-refractivity contribution in [1.82, 2.24) is 9.97 Å². The van der Waals surface area contributed by atoms with Crippen LogP contribution in [0.4, 0.5) is 22.3 Å². The first-order chi connectivity index (χ1) is 20.4. The van der Waals surface area contributed by atoms with Crippen LogP contribution in [0.3, 0.4) is 0 Å². The number of benzene rings is 3. The highest BCUT2D eigenvalue weighted by Gasteiger charge is 2.39. The SMILES string of the molecule is Nc1nc(Nc2ccc(C(=O)C3COC(=O)C3N)cc2)sc1-c1nc(-c2cccc(NC(=O)c3ccccc3)c2)cs1. The molecule has 210 valence electrons. The normalized spacial score (nSPS) is 16.2. The minimum atomic E-state index is -0.942. The van der Waals surface area contributed by atoms with E-state index in [4.69, 9.17) is 21.2 Å². The van der Waals surface area contributed by atoms with Gasteiger partial charge in [0, 0.05) is 33.4 Å². The predicted octanol–water partition coefficient (Wildman–Crippen LogP) is 5.19. The van der Waals surface area contributed by atoms with Crippen LogP contribution in [0, 0.1) is 5.92 Å². The van der Waals surface area contributed by atoms with E-state index >= 15 is 0 Å². The van der Waals surface area contributed by atoms with E-state index in [1.807, 2.05) is 47.8 Å². The number of nitrogen functional groups attached to an aromatic ring is 1. The van der Waals surface area contributed by atoms with E-state index in [-0.39, 0.29) is 18.3 Å². The topological polar surface area (TPSA) is 162 Å². The molecule has 1 aliphatic heterocycles. The molecule has 10 nitrogen and oxygen atoms in total. The molecule has 5 aromatic rings. The Morgan fingerprint density at radius 3 is 2.45 bits per heavy atom. The number of ether oxygens (including phenoxy) is 1. The summed E-state index contributed by atoms with van der Waals surface area (Å²) in [6, 6.07) is 22.4. The van der Waals surface area contributed by atoms with Crippen LogP contribution in [0.5, 0.6) is 0 Å². The maximum absolute atomic E-state index is 12.7. The summed E-state index contributed by atoms with van der Waals surface area (Å²) in [4.78, 5) is 46.8. The van der Waals surface area contributed by atoms with Gasteiger partial charge in [0.05, 0.1) is 11.6 Å². The number of nitrogens with one attached hydrogen (secondary N) is 2. The molecule has 2 atom stereocenters. The lowest BCUT2D eigenvalue weighted by molar-refractivity contribution is -0.139. The number of aromatic nitrogens is 2. The lowest BCUT2D eigenvalue weighted by Gasteiger charge is -2.10. The predicted molar refractivity (Wildman–Crippen MR) is 164 cm³/mol. The van der Waals surface area contributed by atoms with Crippen molar-refractivity contribution >= 4 is 62.7 Å². The van der Waals surface area contributed by atoms with Gasteiger partial charge in [0.15, 0.2) is 10.9 Å². The Bertz CT molecular complexity index is 1790. The van der Waals surface area contributed by atoms with Crippen molar-refractivity contribution in [3.63, 3.8) is 0 Å². The first-order valence-corrected chi connectivity index (χ1v) is 14.6. The van der Waals surface area contributed by atoms with Crippen LogP contribution < -0.4 is 22.1 Å². The zero-order valence-electron chi connectivity index (χ0n) is 21.9. The quantitative estimate of drug-likeness (QED) is 0.139. The summed E-state index contributed by atoms with van der Waals surface area (Å²) < 4.78 is 4.90. The molecule has 3 heterocycles. The minimum Gasteiger partial charge on any atom is -0.464 e. The molecule has 0 aliphatic carbocycles. The Morgan fingerprint density at radius 2 is 1.71 bits per heavy atom. The van der Waals surface area contributed by atoms with Crippen LogP contribution in [0.2, 0.25) is 0 Å². The van der Waals surface area contributed by atoms with Gasteiger partial charge < -0.3 is 26.8 Å². The summed E-state index contributed by atoms with van der Waals surface area (Å²) in [7, 11) is 0. The lowest BCUT2D eigenvalue weighted by atomic mass is 9.93. The Hall–Kier alpha value is -4.91. The molecular weight excluding hydrogens is 573 g/mol. The lowest BCUT2D eigenvalue weighted by Crippen LogP contribution is -2.36. The van der Waals surface area contributed by atoms with Crippen LogP contribution in [0.15, 0.2) is 84.2 Å². The smallest absolute Gasteiger partial charge is 0.323 e. The van der Waals surface area contributed by atoms with Crippen LogP contribution in [0.25, 0.3) is 21.1 Å². The Morgan fingerprint density at radius 1 is 0.929 bits per heavy atom. The number of amides is 1. The Kier molecular flexibility index (Phi) is 7.48. The van der Waals surface area contributed by atoms with E-state index in [0.29, 0.717) is 33.5 Å². The highest BCUT2D eigenvalue weighted by atomic mass is 32.1. The second-order valence-electron chi connectivity index (χ2n) is 9.50. The van der Waals surface area contributed by atoms with Gasteiger partial charge >= 0.3 is 5.97 Å². The number of Topliss-reactive ketones (excluding diaryl/α,β-unsaturated/α-hetero) is 1. The van der Waals surface area contributed by atoms with E-state index in [2.05, 4.69) is 15.6 Å². The number of ketones is 1. The molecule has 42 heavy (non-hydrogen) atoms.